The SMILES string of the molecule is CN(C)C1CCN(C(=O)c2c(N)cccc2Cl)CC1. The summed E-state index contributed by atoms with van der Waals surface area (Å²) >= 11 is 6.09. The zero-order chi connectivity index (χ0) is 14.0. The fourth-order valence-electron chi connectivity index (χ4n) is 2.51. The monoisotopic (exact) mass is 281 g/mol. The second-order valence-corrected chi connectivity index (χ2v) is 5.60. The van der Waals surface area contributed by atoms with Crippen molar-refractivity contribution in [2.24, 2.45) is 0 Å². The van der Waals surface area contributed by atoms with Gasteiger partial charge >= 0.3 is 0 Å². The first-order chi connectivity index (χ1) is 9.00. The molecule has 2 rings (SSSR count). The summed E-state index contributed by atoms with van der Waals surface area (Å²) in [5.41, 5.74) is 6.75. The van der Waals surface area contributed by atoms with E-state index in [4.69, 9.17) is 17.3 Å². The predicted molar refractivity (Wildman–Crippen MR) is 78.5 cm³/mol. The van der Waals surface area contributed by atoms with Crippen LogP contribution in [0.15, 0.2) is 18.2 Å². The van der Waals surface area contributed by atoms with Gasteiger partial charge in [0.2, 0.25) is 0 Å². The van der Waals surface area contributed by atoms with E-state index < -0.39 is 0 Å². The number of piperidine rings is 1. The van der Waals surface area contributed by atoms with Crippen LogP contribution < -0.4 is 5.73 Å². The van der Waals surface area contributed by atoms with E-state index in [-0.39, 0.29) is 5.91 Å². The molecule has 1 aliphatic heterocycles. The van der Waals surface area contributed by atoms with Crippen molar-refractivity contribution in [2.45, 2.75) is 18.9 Å². The Bertz CT molecular complexity index is 448. The van der Waals surface area contributed by atoms with Crippen LogP contribution in [0.2, 0.25) is 5.02 Å². The molecule has 5 heteroatoms. The minimum absolute atomic E-state index is 0.0553. The van der Waals surface area contributed by atoms with E-state index in [1.807, 2.05) is 4.90 Å². The second kappa shape index (κ2) is 5.80. The second-order valence-electron chi connectivity index (χ2n) is 5.19. The van der Waals surface area contributed by atoms with Gasteiger partial charge in [-0.1, -0.05) is 17.7 Å². The fourth-order valence-corrected chi connectivity index (χ4v) is 2.77. The van der Waals surface area contributed by atoms with Gasteiger partial charge in [0.15, 0.2) is 0 Å². The van der Waals surface area contributed by atoms with Gasteiger partial charge in [0, 0.05) is 24.8 Å². The van der Waals surface area contributed by atoms with Crippen LogP contribution in [0.3, 0.4) is 0 Å². The number of nitrogen functional groups attached to an aromatic ring is 1. The molecule has 0 aromatic heterocycles. The first kappa shape index (κ1) is 14.2. The molecule has 0 bridgehead atoms. The Hall–Kier alpha value is -1.26. The maximum Gasteiger partial charge on any atom is 0.257 e. The molecule has 0 atom stereocenters. The first-order valence-electron chi connectivity index (χ1n) is 6.50. The Morgan fingerprint density at radius 1 is 1.37 bits per heavy atom. The molecule has 0 unspecified atom stereocenters. The van der Waals surface area contributed by atoms with E-state index in [0.29, 0.717) is 22.3 Å². The summed E-state index contributed by atoms with van der Waals surface area (Å²) in [5, 5.41) is 0.430. The minimum atomic E-state index is -0.0553. The Labute approximate surface area is 119 Å². The van der Waals surface area contributed by atoms with Crippen LogP contribution in [0, 0.1) is 0 Å². The summed E-state index contributed by atoms with van der Waals surface area (Å²) in [6.07, 6.45) is 1.98. The number of benzene rings is 1. The number of halogens is 1. The third kappa shape index (κ3) is 3.01. The number of likely N-dealkylation sites (tertiary alicyclic amines) is 1. The molecule has 0 saturated carbocycles. The summed E-state index contributed by atoms with van der Waals surface area (Å²) in [5.74, 6) is -0.0553. The van der Waals surface area contributed by atoms with Crippen molar-refractivity contribution >= 4 is 23.2 Å². The molecule has 104 valence electrons. The van der Waals surface area contributed by atoms with Gasteiger partial charge in [0.25, 0.3) is 5.91 Å². The van der Waals surface area contributed by atoms with E-state index >= 15 is 0 Å². The quantitative estimate of drug-likeness (QED) is 0.845. The number of nitrogens with zero attached hydrogens (tertiary/aromatic N) is 2. The largest absolute Gasteiger partial charge is 0.398 e. The third-order valence-corrected chi connectivity index (χ3v) is 4.06. The number of hydrogen-bond acceptors (Lipinski definition) is 3. The van der Waals surface area contributed by atoms with Crippen molar-refractivity contribution in [3.8, 4) is 0 Å². The number of nitrogens with two attached hydrogens (primary N) is 1. The van der Waals surface area contributed by atoms with Crippen LogP contribution in [0.4, 0.5) is 5.69 Å². The molecule has 0 spiro atoms. The predicted octanol–water partition coefficient (Wildman–Crippen LogP) is 2.09. The van der Waals surface area contributed by atoms with E-state index in [1.165, 1.54) is 0 Å². The molecule has 1 heterocycles. The van der Waals surface area contributed by atoms with Crippen molar-refractivity contribution in [1.82, 2.24) is 9.80 Å². The molecule has 2 N–H and O–H groups in total. The van der Waals surface area contributed by atoms with E-state index in [1.54, 1.807) is 18.2 Å². The Morgan fingerprint density at radius 3 is 2.53 bits per heavy atom. The maximum atomic E-state index is 12.5. The molecule has 1 aromatic carbocycles. The molecule has 1 aromatic rings. The molecule has 1 amide bonds. The van der Waals surface area contributed by atoms with Gasteiger partial charge in [0.05, 0.1) is 10.6 Å². The zero-order valence-electron chi connectivity index (χ0n) is 11.4. The van der Waals surface area contributed by atoms with Crippen LogP contribution in [0.25, 0.3) is 0 Å². The molecule has 0 aliphatic carbocycles. The van der Waals surface area contributed by atoms with Crippen molar-refractivity contribution < 1.29 is 4.79 Å². The molecular formula is C14H20ClN3O. The number of carbonyl (C=O) groups excluding carboxylic acids is 1. The maximum absolute atomic E-state index is 12.5. The van der Waals surface area contributed by atoms with Gasteiger partial charge in [-0.15, -0.1) is 0 Å². The third-order valence-electron chi connectivity index (χ3n) is 3.74. The lowest BCUT2D eigenvalue weighted by Gasteiger charge is -2.35. The topological polar surface area (TPSA) is 49.6 Å². The van der Waals surface area contributed by atoms with Gasteiger partial charge in [-0.2, -0.15) is 0 Å². The van der Waals surface area contributed by atoms with Crippen molar-refractivity contribution in [1.29, 1.82) is 0 Å². The summed E-state index contributed by atoms with van der Waals surface area (Å²) < 4.78 is 0. The van der Waals surface area contributed by atoms with Gasteiger partial charge in [-0.3, -0.25) is 4.79 Å². The number of carbonyl (C=O) groups is 1. The zero-order valence-corrected chi connectivity index (χ0v) is 12.2. The van der Waals surface area contributed by atoms with E-state index in [2.05, 4.69) is 19.0 Å². The molecule has 19 heavy (non-hydrogen) atoms. The summed E-state index contributed by atoms with van der Waals surface area (Å²) in [6, 6.07) is 5.73. The highest BCUT2D eigenvalue weighted by Gasteiger charge is 2.26. The van der Waals surface area contributed by atoms with Gasteiger partial charge in [0.1, 0.15) is 0 Å². The molecule has 1 fully saturated rings. The van der Waals surface area contributed by atoms with Crippen molar-refractivity contribution in [3.63, 3.8) is 0 Å². The lowest BCUT2D eigenvalue weighted by Crippen LogP contribution is -2.44. The Morgan fingerprint density at radius 2 is 2.00 bits per heavy atom. The van der Waals surface area contributed by atoms with Crippen LogP contribution >= 0.6 is 11.6 Å². The average molecular weight is 282 g/mol. The highest BCUT2D eigenvalue weighted by molar-refractivity contribution is 6.34. The highest BCUT2D eigenvalue weighted by atomic mass is 35.5. The van der Waals surface area contributed by atoms with Crippen LogP contribution in [0.1, 0.15) is 23.2 Å². The Kier molecular flexibility index (Phi) is 4.32. The molecule has 0 radical (unpaired) electrons. The number of hydrogen-bond donors (Lipinski definition) is 1. The number of amides is 1. The van der Waals surface area contributed by atoms with E-state index in [9.17, 15) is 4.79 Å². The number of rotatable bonds is 2. The van der Waals surface area contributed by atoms with Crippen molar-refractivity contribution in [3.05, 3.63) is 28.8 Å². The van der Waals surface area contributed by atoms with Crippen LogP contribution in [-0.4, -0.2) is 48.9 Å². The van der Waals surface area contributed by atoms with Gasteiger partial charge in [-0.05, 0) is 39.1 Å². The smallest absolute Gasteiger partial charge is 0.257 e. The number of anilines is 1. The van der Waals surface area contributed by atoms with Gasteiger partial charge < -0.3 is 15.5 Å². The fraction of sp³-hybridized carbons (Fsp3) is 0.500. The molecular weight excluding hydrogens is 262 g/mol. The lowest BCUT2D eigenvalue weighted by atomic mass is 10.0. The van der Waals surface area contributed by atoms with Crippen molar-refractivity contribution in [2.75, 3.05) is 32.9 Å². The Balaban J connectivity index is 2.10. The normalized spacial score (nSPS) is 16.9. The van der Waals surface area contributed by atoms with E-state index in [0.717, 1.165) is 25.9 Å². The summed E-state index contributed by atoms with van der Waals surface area (Å²) in [7, 11) is 4.16. The lowest BCUT2D eigenvalue weighted by molar-refractivity contribution is 0.0664. The molecule has 4 nitrogen and oxygen atoms in total. The standard InChI is InChI=1S/C14H20ClN3O/c1-17(2)10-6-8-18(9-7-10)14(19)13-11(15)4-3-5-12(13)16/h3-5,10H,6-9,16H2,1-2H3. The minimum Gasteiger partial charge on any atom is -0.398 e. The average Bonchev–Trinajstić information content (AvgIpc) is 2.38. The van der Waals surface area contributed by atoms with Gasteiger partial charge in [-0.25, -0.2) is 0 Å². The summed E-state index contributed by atoms with van der Waals surface area (Å²) in [6.45, 7) is 1.51. The first-order valence-corrected chi connectivity index (χ1v) is 6.88. The highest BCUT2D eigenvalue weighted by Crippen LogP contribution is 2.25. The van der Waals surface area contributed by atoms with Crippen LogP contribution in [0.5, 0.6) is 0 Å². The van der Waals surface area contributed by atoms with Crippen LogP contribution in [-0.2, 0) is 0 Å². The molecule has 1 saturated heterocycles. The summed E-state index contributed by atoms with van der Waals surface area (Å²) in [4.78, 5) is 16.5. The molecule has 1 aliphatic rings.